The maximum absolute atomic E-state index is 5.63. The fourth-order valence-electron chi connectivity index (χ4n) is 1.50. The van der Waals surface area contributed by atoms with Crippen LogP contribution in [0, 0.1) is 13.8 Å². The molecule has 0 unspecified atom stereocenters. The molecule has 5 N–H and O–H groups in total. The highest BCUT2D eigenvalue weighted by molar-refractivity contribution is 7.99. The highest BCUT2D eigenvalue weighted by Gasteiger charge is 2.06. The molecule has 0 spiro atoms. The number of hydrogen-bond acceptors (Lipinski definition) is 6. The summed E-state index contributed by atoms with van der Waals surface area (Å²) in [6.45, 7) is 4.12. The van der Waals surface area contributed by atoms with Crippen molar-refractivity contribution in [3.05, 3.63) is 35.4 Å². The number of nitrogens with two attached hydrogens (primary N) is 2. The zero-order chi connectivity index (χ0) is 13.1. The smallest absolute Gasteiger partial charge is 0.223 e. The summed E-state index contributed by atoms with van der Waals surface area (Å²) in [5.74, 6) is 6.05. The predicted octanol–water partition coefficient (Wildman–Crippen LogP) is 2.11. The molecule has 2 rings (SSSR count). The fourth-order valence-corrected chi connectivity index (χ4v) is 2.51. The number of aromatic nitrogens is 2. The molecule has 0 atom stereocenters. The number of nitrogens with zero attached hydrogens (tertiary/aromatic N) is 2. The van der Waals surface area contributed by atoms with Gasteiger partial charge in [0.05, 0.1) is 0 Å². The molecule has 0 saturated carbocycles. The number of hydrogen-bond donors (Lipinski definition) is 3. The Balaban J connectivity index is 2.33. The first-order valence-corrected chi connectivity index (χ1v) is 6.26. The largest absolute Gasteiger partial charge is 0.368 e. The van der Waals surface area contributed by atoms with Crippen molar-refractivity contribution in [2.24, 2.45) is 5.84 Å². The summed E-state index contributed by atoms with van der Waals surface area (Å²) in [5.41, 5.74) is 10.5. The number of rotatable bonds is 3. The minimum absolute atomic E-state index is 0.207. The Morgan fingerprint density at radius 2 is 1.94 bits per heavy atom. The van der Waals surface area contributed by atoms with Crippen LogP contribution in [0.4, 0.5) is 11.8 Å². The van der Waals surface area contributed by atoms with Crippen LogP contribution >= 0.6 is 11.8 Å². The monoisotopic (exact) mass is 261 g/mol. The van der Waals surface area contributed by atoms with E-state index in [0.717, 1.165) is 9.92 Å². The lowest BCUT2D eigenvalue weighted by molar-refractivity contribution is 1.05. The quantitative estimate of drug-likeness (QED) is 0.445. The van der Waals surface area contributed by atoms with E-state index < -0.39 is 0 Å². The lowest BCUT2D eigenvalue weighted by Gasteiger charge is -2.08. The molecule has 1 aromatic carbocycles. The van der Waals surface area contributed by atoms with Crippen LogP contribution in [0.5, 0.6) is 0 Å². The normalized spacial score (nSPS) is 10.4. The summed E-state index contributed by atoms with van der Waals surface area (Å²) in [4.78, 5) is 9.28. The lowest BCUT2D eigenvalue weighted by atomic mass is 10.2. The molecule has 18 heavy (non-hydrogen) atoms. The topological polar surface area (TPSA) is 89.8 Å². The van der Waals surface area contributed by atoms with Gasteiger partial charge in [0.1, 0.15) is 10.8 Å². The Kier molecular flexibility index (Phi) is 3.69. The van der Waals surface area contributed by atoms with Crippen LogP contribution in [-0.4, -0.2) is 9.97 Å². The third-order valence-electron chi connectivity index (χ3n) is 2.43. The maximum atomic E-state index is 5.63. The molecule has 94 valence electrons. The van der Waals surface area contributed by atoms with Crippen molar-refractivity contribution in [3.8, 4) is 0 Å². The first-order chi connectivity index (χ1) is 8.58. The Morgan fingerprint density at radius 3 is 2.67 bits per heavy atom. The van der Waals surface area contributed by atoms with Crippen molar-refractivity contribution in [2.75, 3.05) is 11.2 Å². The Labute approximate surface area is 110 Å². The van der Waals surface area contributed by atoms with E-state index in [0.29, 0.717) is 5.82 Å². The molecule has 0 aliphatic carbocycles. The van der Waals surface area contributed by atoms with Crippen LogP contribution in [0.15, 0.2) is 34.2 Å². The first kappa shape index (κ1) is 12.7. The van der Waals surface area contributed by atoms with Gasteiger partial charge < -0.3 is 11.2 Å². The zero-order valence-corrected chi connectivity index (χ0v) is 11.1. The molecule has 1 heterocycles. The molecule has 1 aromatic heterocycles. The second kappa shape index (κ2) is 5.24. The van der Waals surface area contributed by atoms with Gasteiger partial charge >= 0.3 is 0 Å². The Morgan fingerprint density at radius 1 is 1.17 bits per heavy atom. The van der Waals surface area contributed by atoms with E-state index in [1.54, 1.807) is 17.8 Å². The van der Waals surface area contributed by atoms with Crippen molar-refractivity contribution < 1.29 is 0 Å². The summed E-state index contributed by atoms with van der Waals surface area (Å²) in [6, 6.07) is 8.06. The van der Waals surface area contributed by atoms with Crippen LogP contribution in [0.2, 0.25) is 0 Å². The highest BCUT2D eigenvalue weighted by atomic mass is 32.2. The van der Waals surface area contributed by atoms with Gasteiger partial charge in [0, 0.05) is 11.0 Å². The van der Waals surface area contributed by atoms with Gasteiger partial charge in [0.15, 0.2) is 0 Å². The van der Waals surface area contributed by atoms with Crippen LogP contribution in [0.3, 0.4) is 0 Å². The minimum Gasteiger partial charge on any atom is -0.368 e. The SMILES string of the molecule is Cc1ccc(C)c(Sc2cc(NN)nc(N)n2)c1. The molecule has 6 heteroatoms. The summed E-state index contributed by atoms with van der Waals surface area (Å²) in [5, 5.41) is 0.768. The number of aryl methyl sites for hydroxylation is 2. The van der Waals surface area contributed by atoms with Gasteiger partial charge in [-0.05, 0) is 31.0 Å². The average molecular weight is 261 g/mol. The van der Waals surface area contributed by atoms with Crippen LogP contribution in [0.25, 0.3) is 0 Å². The summed E-state index contributed by atoms with van der Waals surface area (Å²) in [6.07, 6.45) is 0. The van der Waals surface area contributed by atoms with E-state index >= 15 is 0 Å². The third-order valence-corrected chi connectivity index (χ3v) is 3.50. The summed E-state index contributed by atoms with van der Waals surface area (Å²) < 4.78 is 0. The van der Waals surface area contributed by atoms with E-state index in [1.807, 2.05) is 0 Å². The zero-order valence-electron chi connectivity index (χ0n) is 10.3. The van der Waals surface area contributed by atoms with Crippen molar-refractivity contribution in [1.82, 2.24) is 9.97 Å². The predicted molar refractivity (Wildman–Crippen MR) is 74.3 cm³/mol. The number of nitrogen functional groups attached to an aromatic ring is 2. The number of nitrogens with one attached hydrogen (secondary N) is 1. The van der Waals surface area contributed by atoms with Gasteiger partial charge in [-0.3, -0.25) is 0 Å². The van der Waals surface area contributed by atoms with Crippen molar-refractivity contribution in [2.45, 2.75) is 23.8 Å². The molecule has 0 aliphatic rings. The van der Waals surface area contributed by atoms with E-state index in [2.05, 4.69) is 47.4 Å². The molecular weight excluding hydrogens is 246 g/mol. The molecule has 0 bridgehead atoms. The number of anilines is 2. The molecule has 0 aliphatic heterocycles. The Bertz CT molecular complexity index is 570. The molecule has 0 fully saturated rings. The average Bonchev–Trinajstić information content (AvgIpc) is 2.33. The standard InChI is InChI=1S/C12H15N5S/c1-7-3-4-8(2)9(5-7)18-11-6-10(17-14)15-12(13)16-11/h3-6H,14H2,1-2H3,(H3,13,15,16,17). The van der Waals surface area contributed by atoms with E-state index in [4.69, 9.17) is 11.6 Å². The molecule has 0 radical (unpaired) electrons. The van der Waals surface area contributed by atoms with Crippen molar-refractivity contribution in [1.29, 1.82) is 0 Å². The number of hydrazine groups is 1. The van der Waals surface area contributed by atoms with E-state index in [-0.39, 0.29) is 5.95 Å². The van der Waals surface area contributed by atoms with Gasteiger partial charge in [-0.1, -0.05) is 23.9 Å². The molecule has 5 nitrogen and oxygen atoms in total. The second-order valence-corrected chi connectivity index (χ2v) is 5.03. The lowest BCUT2D eigenvalue weighted by Crippen LogP contribution is -2.10. The van der Waals surface area contributed by atoms with Crippen LogP contribution in [-0.2, 0) is 0 Å². The van der Waals surface area contributed by atoms with Crippen molar-refractivity contribution >= 4 is 23.5 Å². The maximum Gasteiger partial charge on any atom is 0.223 e. The number of benzene rings is 1. The fraction of sp³-hybridized carbons (Fsp3) is 0.167. The van der Waals surface area contributed by atoms with Gasteiger partial charge in [-0.15, -0.1) is 0 Å². The van der Waals surface area contributed by atoms with E-state index in [9.17, 15) is 0 Å². The van der Waals surface area contributed by atoms with Crippen molar-refractivity contribution in [3.63, 3.8) is 0 Å². The molecule has 0 saturated heterocycles. The van der Waals surface area contributed by atoms with Gasteiger partial charge in [0.25, 0.3) is 0 Å². The van der Waals surface area contributed by atoms with Gasteiger partial charge in [-0.2, -0.15) is 4.98 Å². The van der Waals surface area contributed by atoms with Gasteiger partial charge in [0.2, 0.25) is 5.95 Å². The minimum atomic E-state index is 0.207. The summed E-state index contributed by atoms with van der Waals surface area (Å²) >= 11 is 1.55. The van der Waals surface area contributed by atoms with E-state index in [1.165, 1.54) is 11.1 Å². The first-order valence-electron chi connectivity index (χ1n) is 5.45. The second-order valence-electron chi connectivity index (χ2n) is 3.96. The Hall–Kier alpha value is -1.79. The third kappa shape index (κ3) is 2.91. The van der Waals surface area contributed by atoms with Gasteiger partial charge in [-0.25, -0.2) is 10.8 Å². The molecule has 2 aromatic rings. The summed E-state index contributed by atoms with van der Waals surface area (Å²) in [7, 11) is 0. The highest BCUT2D eigenvalue weighted by Crippen LogP contribution is 2.30. The van der Waals surface area contributed by atoms with Crippen LogP contribution < -0.4 is 17.0 Å². The molecule has 0 amide bonds. The van der Waals surface area contributed by atoms with Crippen LogP contribution in [0.1, 0.15) is 11.1 Å². The molecular formula is C12H15N5S.